The first-order valence-corrected chi connectivity index (χ1v) is 15.7. The molecule has 0 saturated carbocycles. The molecule has 0 saturated heterocycles. The third kappa shape index (κ3) is 5.75. The fraction of sp³-hybridized carbons (Fsp3) is 0.219. The first kappa shape index (κ1) is 28.9. The first-order chi connectivity index (χ1) is 19.7. The normalized spacial score (nSPS) is 14.7. The van der Waals surface area contributed by atoms with Crippen molar-refractivity contribution in [3.8, 4) is 0 Å². The molecule has 0 bridgehead atoms. The maximum absolute atomic E-state index is 14.8. The number of benzene rings is 3. The topological polar surface area (TPSA) is 68.3 Å². The number of halogens is 2. The summed E-state index contributed by atoms with van der Waals surface area (Å²) in [5.41, 5.74) is 9.93. The second-order valence-electron chi connectivity index (χ2n) is 10.5. The Labute approximate surface area is 243 Å². The summed E-state index contributed by atoms with van der Waals surface area (Å²) in [6, 6.07) is 21.0. The Morgan fingerprint density at radius 1 is 0.951 bits per heavy atom. The lowest BCUT2D eigenvalue weighted by Gasteiger charge is -2.20. The molecule has 0 amide bonds. The molecular formula is C32H31F2N3O2S2. The van der Waals surface area contributed by atoms with E-state index in [1.165, 1.54) is 18.2 Å². The molecule has 2 heterocycles. The number of hydrogen-bond acceptors (Lipinski definition) is 4. The lowest BCUT2D eigenvalue weighted by molar-refractivity contribution is 0.369. The fourth-order valence-corrected chi connectivity index (χ4v) is 8.52. The van der Waals surface area contributed by atoms with Crippen molar-refractivity contribution in [2.75, 3.05) is 19.3 Å². The summed E-state index contributed by atoms with van der Waals surface area (Å²) in [7, 11) is 1.23. The average molecular weight is 592 g/mol. The smallest absolute Gasteiger partial charge is 0.193 e. The molecule has 4 aromatic rings. The van der Waals surface area contributed by atoms with Crippen LogP contribution >= 0.6 is 0 Å². The van der Waals surface area contributed by atoms with E-state index in [1.54, 1.807) is 22.9 Å². The first-order valence-electron chi connectivity index (χ1n) is 13.3. The SMILES string of the molecule is CC(C)c1cn(Cc2c(F)cccc2F)c2c(c1=O)C(CN(C)Cc1ccccc1)=C(c1ccc(N)cc1)S2=S=O. The highest BCUT2D eigenvalue weighted by Gasteiger charge is 2.35. The highest BCUT2D eigenvalue weighted by Crippen LogP contribution is 2.42. The van der Waals surface area contributed by atoms with Gasteiger partial charge in [0.2, 0.25) is 0 Å². The van der Waals surface area contributed by atoms with Crippen LogP contribution in [0.1, 0.15) is 47.6 Å². The molecule has 1 aliphatic heterocycles. The third-order valence-electron chi connectivity index (χ3n) is 7.17. The predicted molar refractivity (Wildman–Crippen MR) is 164 cm³/mol. The molecule has 0 radical (unpaired) electrons. The van der Waals surface area contributed by atoms with Crippen LogP contribution in [0, 0.1) is 11.6 Å². The monoisotopic (exact) mass is 591 g/mol. The van der Waals surface area contributed by atoms with Gasteiger partial charge in [0.05, 0.1) is 17.1 Å². The van der Waals surface area contributed by atoms with Gasteiger partial charge in [-0.25, -0.2) is 13.0 Å². The van der Waals surface area contributed by atoms with E-state index in [4.69, 9.17) is 5.73 Å². The largest absolute Gasteiger partial charge is 0.399 e. The van der Waals surface area contributed by atoms with Gasteiger partial charge in [-0.05, 0) is 63.4 Å². The number of likely N-dealkylation sites (N-methyl/N-ethyl adjacent to an activating group) is 1. The predicted octanol–water partition coefficient (Wildman–Crippen LogP) is 6.00. The van der Waals surface area contributed by atoms with Crippen LogP contribution < -0.4 is 11.2 Å². The third-order valence-corrected chi connectivity index (χ3v) is 10.3. The van der Waals surface area contributed by atoms with Crippen LogP contribution in [-0.4, -0.2) is 27.3 Å². The molecule has 0 fully saturated rings. The molecule has 3 aromatic carbocycles. The standard InChI is InChI=1S/C32H31F2N3O2S2/c1-20(2)24-18-37(19-25-27(33)10-7-11-28(25)34)32-29(30(24)38)26(17-36(3)16-21-8-5-4-6-9-21)31(41(32)40-39)22-12-14-23(35)15-13-22/h4-15,18,20H,16-17,19,35H2,1-3H3. The molecule has 5 rings (SSSR count). The van der Waals surface area contributed by atoms with Crippen LogP contribution in [-0.2, 0) is 32.8 Å². The summed E-state index contributed by atoms with van der Waals surface area (Å²) in [4.78, 5) is 17.0. The van der Waals surface area contributed by atoms with Gasteiger partial charge in [-0.3, -0.25) is 9.69 Å². The fourth-order valence-electron chi connectivity index (χ4n) is 5.19. The minimum Gasteiger partial charge on any atom is -0.399 e. The van der Waals surface area contributed by atoms with Gasteiger partial charge >= 0.3 is 0 Å². The molecule has 2 N–H and O–H groups in total. The molecule has 212 valence electrons. The van der Waals surface area contributed by atoms with E-state index in [0.717, 1.165) is 21.6 Å². The Morgan fingerprint density at radius 3 is 2.22 bits per heavy atom. The number of aromatic nitrogens is 1. The second-order valence-corrected chi connectivity index (χ2v) is 13.4. The summed E-state index contributed by atoms with van der Waals surface area (Å²) in [6.45, 7) is 4.72. The summed E-state index contributed by atoms with van der Waals surface area (Å²) in [6.07, 6.45) is 1.67. The number of nitrogens with two attached hydrogens (primary N) is 1. The van der Waals surface area contributed by atoms with Gasteiger partial charge in [-0.2, -0.15) is 0 Å². The van der Waals surface area contributed by atoms with Crippen LogP contribution in [0.2, 0.25) is 0 Å². The Bertz CT molecular complexity index is 1740. The van der Waals surface area contributed by atoms with Crippen LogP contribution in [0.3, 0.4) is 0 Å². The molecule has 5 nitrogen and oxygen atoms in total. The number of nitrogen functional groups attached to an aromatic ring is 1. The number of pyridine rings is 1. The molecule has 41 heavy (non-hydrogen) atoms. The quantitative estimate of drug-likeness (QED) is 0.255. The highest BCUT2D eigenvalue weighted by atomic mass is 32.8. The maximum atomic E-state index is 14.8. The lowest BCUT2D eigenvalue weighted by atomic mass is 9.97. The summed E-state index contributed by atoms with van der Waals surface area (Å²) in [5, 5.41) is 0.497. The van der Waals surface area contributed by atoms with Gasteiger partial charge in [0.1, 0.15) is 21.9 Å². The maximum Gasteiger partial charge on any atom is 0.193 e. The summed E-state index contributed by atoms with van der Waals surface area (Å²) in [5.74, 6) is -1.49. The number of nitrogens with zero attached hydrogens (tertiary/aromatic N) is 2. The molecule has 1 aromatic heterocycles. The Balaban J connectivity index is 1.75. The summed E-state index contributed by atoms with van der Waals surface area (Å²) < 4.78 is 44.3. The van der Waals surface area contributed by atoms with Crippen LogP contribution in [0.4, 0.5) is 14.5 Å². The van der Waals surface area contributed by atoms with Crippen molar-refractivity contribution in [1.82, 2.24) is 9.47 Å². The second kappa shape index (κ2) is 12.1. The van der Waals surface area contributed by atoms with Crippen molar-refractivity contribution in [3.63, 3.8) is 0 Å². The molecule has 1 atom stereocenters. The van der Waals surface area contributed by atoms with E-state index in [9.17, 15) is 17.8 Å². The minimum absolute atomic E-state index is 0.115. The van der Waals surface area contributed by atoms with Crippen molar-refractivity contribution in [2.45, 2.75) is 37.9 Å². The van der Waals surface area contributed by atoms with Crippen molar-refractivity contribution in [1.29, 1.82) is 0 Å². The number of rotatable bonds is 8. The zero-order chi connectivity index (χ0) is 29.3. The Kier molecular flexibility index (Phi) is 8.49. The van der Waals surface area contributed by atoms with E-state index in [-0.39, 0.29) is 23.5 Å². The minimum atomic E-state index is -1.14. The molecule has 0 spiro atoms. The van der Waals surface area contributed by atoms with Crippen molar-refractivity contribution >= 4 is 35.8 Å². The number of anilines is 1. The van der Waals surface area contributed by atoms with Gasteiger partial charge in [-0.1, -0.05) is 62.4 Å². The van der Waals surface area contributed by atoms with E-state index < -0.39 is 21.1 Å². The lowest BCUT2D eigenvalue weighted by Crippen LogP contribution is -2.25. The Hall–Kier alpha value is -3.66. The average Bonchev–Trinajstić information content (AvgIpc) is 3.27. The van der Waals surface area contributed by atoms with Crippen LogP contribution in [0.15, 0.2) is 88.8 Å². The zero-order valence-electron chi connectivity index (χ0n) is 23.1. The van der Waals surface area contributed by atoms with Crippen LogP contribution in [0.5, 0.6) is 0 Å². The van der Waals surface area contributed by atoms with E-state index in [2.05, 4.69) is 4.90 Å². The van der Waals surface area contributed by atoms with E-state index in [0.29, 0.717) is 45.2 Å². The summed E-state index contributed by atoms with van der Waals surface area (Å²) >= 11 is 0. The van der Waals surface area contributed by atoms with Gasteiger partial charge in [0.15, 0.2) is 5.43 Å². The van der Waals surface area contributed by atoms with Gasteiger partial charge in [-0.15, -0.1) is 0 Å². The molecule has 9 heteroatoms. The van der Waals surface area contributed by atoms with Crippen molar-refractivity contribution < 1.29 is 13.0 Å². The van der Waals surface area contributed by atoms with E-state index in [1.807, 2.05) is 63.4 Å². The van der Waals surface area contributed by atoms with Crippen LogP contribution in [0.25, 0.3) is 10.5 Å². The molecule has 1 aliphatic rings. The highest BCUT2D eigenvalue weighted by molar-refractivity contribution is 8.36. The van der Waals surface area contributed by atoms with Gasteiger partial charge in [0, 0.05) is 41.0 Å². The Morgan fingerprint density at radius 2 is 1.61 bits per heavy atom. The van der Waals surface area contributed by atoms with E-state index >= 15 is 0 Å². The molecular weight excluding hydrogens is 561 g/mol. The molecule has 0 aliphatic carbocycles. The molecule has 1 unspecified atom stereocenters. The van der Waals surface area contributed by atoms with Crippen molar-refractivity contribution in [3.05, 3.63) is 129 Å². The number of hydrogen-bond donors (Lipinski definition) is 1. The number of fused-ring (bicyclic) bond motifs is 1. The van der Waals surface area contributed by atoms with Gasteiger partial charge < -0.3 is 10.3 Å². The van der Waals surface area contributed by atoms with Crippen molar-refractivity contribution in [2.24, 2.45) is 0 Å². The van der Waals surface area contributed by atoms with Gasteiger partial charge in [0.25, 0.3) is 0 Å². The zero-order valence-corrected chi connectivity index (χ0v) is 24.7.